The number of benzene rings is 2. The lowest BCUT2D eigenvalue weighted by Gasteiger charge is -2.34. The van der Waals surface area contributed by atoms with Gasteiger partial charge in [0, 0.05) is 56.0 Å². The first kappa shape index (κ1) is 25.3. The van der Waals surface area contributed by atoms with Crippen molar-refractivity contribution in [3.63, 3.8) is 0 Å². The number of amides is 1. The highest BCUT2D eigenvalue weighted by atomic mass is 16.5. The van der Waals surface area contributed by atoms with Crippen molar-refractivity contribution in [2.24, 2.45) is 0 Å². The minimum atomic E-state index is -0.870. The number of pyridine rings is 1. The molecule has 38 heavy (non-hydrogen) atoms. The summed E-state index contributed by atoms with van der Waals surface area (Å²) >= 11 is 0. The lowest BCUT2D eigenvalue weighted by molar-refractivity contribution is -0.132. The molecule has 0 radical (unpaired) electrons. The van der Waals surface area contributed by atoms with Crippen molar-refractivity contribution in [3.05, 3.63) is 83.7 Å². The minimum absolute atomic E-state index is 0.0328. The molecule has 0 spiro atoms. The zero-order chi connectivity index (χ0) is 26.8. The predicted octanol–water partition coefficient (Wildman–Crippen LogP) is 3.48. The van der Waals surface area contributed by atoms with Gasteiger partial charge in [-0.2, -0.15) is 0 Å². The molecule has 9 nitrogen and oxygen atoms in total. The summed E-state index contributed by atoms with van der Waals surface area (Å²) in [5, 5.41) is 11.4. The number of aromatic nitrogens is 1. The first-order valence-electron chi connectivity index (χ1n) is 12.4. The Balaban J connectivity index is 1.59. The van der Waals surface area contributed by atoms with Gasteiger partial charge in [0.1, 0.15) is 17.3 Å². The van der Waals surface area contributed by atoms with Gasteiger partial charge in [-0.25, -0.2) is 0 Å². The number of hydrogen-bond donors (Lipinski definition) is 1. The van der Waals surface area contributed by atoms with Crippen molar-refractivity contribution >= 4 is 28.8 Å². The number of ether oxygens (including phenoxy) is 2. The second-order valence-electron chi connectivity index (χ2n) is 9.33. The SMILES string of the molecule is COc1ccc(/C(O)=C2/C(=O)C(=O)N(c3ccc(N4CCN(C)CC4)cc3)C2c2cccnc2)c(OC)c1. The van der Waals surface area contributed by atoms with Gasteiger partial charge in [0.15, 0.2) is 0 Å². The van der Waals surface area contributed by atoms with E-state index < -0.39 is 17.7 Å². The van der Waals surface area contributed by atoms with Crippen molar-refractivity contribution in [3.8, 4) is 11.5 Å². The molecule has 9 heteroatoms. The van der Waals surface area contributed by atoms with Crippen LogP contribution in [0.25, 0.3) is 5.76 Å². The number of aliphatic hydroxyl groups is 1. The summed E-state index contributed by atoms with van der Waals surface area (Å²) < 4.78 is 10.7. The van der Waals surface area contributed by atoms with Gasteiger partial charge >= 0.3 is 0 Å². The average molecular weight is 515 g/mol. The standard InChI is InChI=1S/C29H30N4O5/c1-31-13-15-32(16-14-31)20-6-8-21(9-7-20)33-26(19-5-4-12-30-18-19)25(28(35)29(33)36)27(34)23-11-10-22(37-2)17-24(23)38-3/h4-12,17-18,26,34H,13-16H2,1-3H3/b27-25-. The van der Waals surface area contributed by atoms with Crippen molar-refractivity contribution in [2.45, 2.75) is 6.04 Å². The average Bonchev–Trinajstić information content (AvgIpc) is 3.23. The normalized spacial score (nSPS) is 19.6. The van der Waals surface area contributed by atoms with Crippen LogP contribution in [0.5, 0.6) is 11.5 Å². The molecule has 0 bridgehead atoms. The van der Waals surface area contributed by atoms with Crippen LogP contribution in [0.1, 0.15) is 17.2 Å². The number of carbonyl (C=O) groups is 2. The molecule has 2 aliphatic rings. The molecule has 3 heterocycles. The molecule has 5 rings (SSSR count). The summed E-state index contributed by atoms with van der Waals surface area (Å²) in [7, 11) is 5.10. The first-order chi connectivity index (χ1) is 18.4. The smallest absolute Gasteiger partial charge is 0.300 e. The Morgan fingerprint density at radius 2 is 1.66 bits per heavy atom. The maximum absolute atomic E-state index is 13.5. The van der Waals surface area contributed by atoms with Crippen LogP contribution in [0.3, 0.4) is 0 Å². The summed E-state index contributed by atoms with van der Waals surface area (Å²) in [6.07, 6.45) is 3.22. The van der Waals surface area contributed by atoms with Gasteiger partial charge in [-0.1, -0.05) is 6.07 Å². The Hall–Kier alpha value is -4.37. The van der Waals surface area contributed by atoms with E-state index in [4.69, 9.17) is 9.47 Å². The summed E-state index contributed by atoms with van der Waals surface area (Å²) in [5.74, 6) is -0.983. The number of rotatable bonds is 6. The Bertz CT molecular complexity index is 1370. The highest BCUT2D eigenvalue weighted by Crippen LogP contribution is 2.43. The van der Waals surface area contributed by atoms with Crippen LogP contribution in [-0.2, 0) is 9.59 Å². The molecule has 1 atom stereocenters. The van der Waals surface area contributed by atoms with E-state index in [9.17, 15) is 14.7 Å². The molecule has 1 N–H and O–H groups in total. The van der Waals surface area contributed by atoms with E-state index in [2.05, 4.69) is 21.8 Å². The molecule has 1 amide bonds. The number of Topliss-reactive ketones (excluding diaryl/α,β-unsaturated/α-hetero) is 1. The number of anilines is 2. The number of methoxy groups -OCH3 is 2. The molecule has 0 saturated carbocycles. The van der Waals surface area contributed by atoms with Crippen LogP contribution in [0.15, 0.2) is 72.6 Å². The number of likely N-dealkylation sites (N-methyl/N-ethyl adjacent to an activating group) is 1. The zero-order valence-electron chi connectivity index (χ0n) is 21.6. The number of aliphatic hydroxyl groups excluding tert-OH is 1. The number of hydrogen-bond acceptors (Lipinski definition) is 8. The highest BCUT2D eigenvalue weighted by molar-refractivity contribution is 6.51. The third-order valence-corrected chi connectivity index (χ3v) is 7.10. The molecule has 2 aliphatic heterocycles. The van der Waals surface area contributed by atoms with Crippen LogP contribution >= 0.6 is 0 Å². The van der Waals surface area contributed by atoms with E-state index in [1.54, 1.807) is 42.7 Å². The van der Waals surface area contributed by atoms with Gasteiger partial charge < -0.3 is 24.4 Å². The Morgan fingerprint density at radius 1 is 0.947 bits per heavy atom. The molecular weight excluding hydrogens is 484 g/mol. The fourth-order valence-electron chi connectivity index (χ4n) is 4.98. The van der Waals surface area contributed by atoms with Crippen LogP contribution in [0, 0.1) is 0 Å². The molecule has 1 unspecified atom stereocenters. The van der Waals surface area contributed by atoms with E-state index in [0.717, 1.165) is 31.9 Å². The van der Waals surface area contributed by atoms with Gasteiger partial charge in [-0.15, -0.1) is 0 Å². The van der Waals surface area contributed by atoms with Crippen molar-refractivity contribution < 1.29 is 24.2 Å². The monoisotopic (exact) mass is 514 g/mol. The number of nitrogens with zero attached hydrogens (tertiary/aromatic N) is 4. The molecule has 196 valence electrons. The molecule has 0 aliphatic carbocycles. The van der Waals surface area contributed by atoms with Gasteiger partial charge in [0.2, 0.25) is 0 Å². The summed E-state index contributed by atoms with van der Waals surface area (Å²) in [6, 6.07) is 15.1. The molecule has 1 aromatic heterocycles. The van der Waals surface area contributed by atoms with Gasteiger partial charge in [0.05, 0.1) is 31.4 Å². The van der Waals surface area contributed by atoms with Gasteiger partial charge in [0.25, 0.3) is 11.7 Å². The Labute approximate surface area is 221 Å². The zero-order valence-corrected chi connectivity index (χ0v) is 21.6. The van der Waals surface area contributed by atoms with E-state index in [0.29, 0.717) is 22.7 Å². The van der Waals surface area contributed by atoms with Crippen LogP contribution in [0.2, 0.25) is 0 Å². The fourth-order valence-corrected chi connectivity index (χ4v) is 4.98. The van der Waals surface area contributed by atoms with E-state index in [1.165, 1.54) is 19.1 Å². The second-order valence-corrected chi connectivity index (χ2v) is 9.33. The lowest BCUT2D eigenvalue weighted by atomic mass is 9.95. The molecule has 2 saturated heterocycles. The Morgan fingerprint density at radius 3 is 2.29 bits per heavy atom. The summed E-state index contributed by atoms with van der Waals surface area (Å²) in [5.41, 5.74) is 2.46. The summed E-state index contributed by atoms with van der Waals surface area (Å²) in [6.45, 7) is 3.79. The lowest BCUT2D eigenvalue weighted by Crippen LogP contribution is -2.44. The molecule has 2 fully saturated rings. The van der Waals surface area contributed by atoms with Crippen molar-refractivity contribution in [1.82, 2.24) is 9.88 Å². The van der Waals surface area contributed by atoms with Crippen LogP contribution < -0.4 is 19.3 Å². The van der Waals surface area contributed by atoms with E-state index >= 15 is 0 Å². The van der Waals surface area contributed by atoms with Crippen molar-refractivity contribution in [2.75, 3.05) is 57.2 Å². The van der Waals surface area contributed by atoms with E-state index in [-0.39, 0.29) is 16.9 Å². The predicted molar refractivity (Wildman–Crippen MR) is 145 cm³/mol. The fraction of sp³-hybridized carbons (Fsp3) is 0.276. The largest absolute Gasteiger partial charge is 0.507 e. The topological polar surface area (TPSA) is 95.4 Å². The molecule has 3 aromatic rings. The highest BCUT2D eigenvalue weighted by Gasteiger charge is 2.47. The number of piperazine rings is 1. The van der Waals surface area contributed by atoms with Crippen LogP contribution in [0.4, 0.5) is 11.4 Å². The van der Waals surface area contributed by atoms with Crippen LogP contribution in [-0.4, -0.2) is 74.1 Å². The van der Waals surface area contributed by atoms with Gasteiger partial charge in [-0.3, -0.25) is 19.5 Å². The number of ketones is 1. The molecular formula is C29H30N4O5. The second kappa shape index (κ2) is 10.5. The molecule has 2 aromatic carbocycles. The summed E-state index contributed by atoms with van der Waals surface area (Å²) in [4.78, 5) is 37.1. The van der Waals surface area contributed by atoms with E-state index in [1.807, 2.05) is 24.3 Å². The minimum Gasteiger partial charge on any atom is -0.507 e. The third kappa shape index (κ3) is 4.56. The Kier molecular flexibility index (Phi) is 7.02. The maximum Gasteiger partial charge on any atom is 0.300 e. The van der Waals surface area contributed by atoms with Crippen molar-refractivity contribution in [1.29, 1.82) is 0 Å². The third-order valence-electron chi connectivity index (χ3n) is 7.10. The quantitative estimate of drug-likeness (QED) is 0.304. The first-order valence-corrected chi connectivity index (χ1v) is 12.4. The van der Waals surface area contributed by atoms with Gasteiger partial charge in [-0.05, 0) is 55.1 Å². The number of carbonyl (C=O) groups excluding carboxylic acids is 2. The maximum atomic E-state index is 13.5.